The molecule has 1 aliphatic carbocycles. The summed E-state index contributed by atoms with van der Waals surface area (Å²) in [6, 6.07) is 0. The zero-order valence-electron chi connectivity index (χ0n) is 7.96. The molecular weight excluding hydrogens is 152 g/mol. The summed E-state index contributed by atoms with van der Waals surface area (Å²) in [6.07, 6.45) is 1.18. The van der Waals surface area contributed by atoms with E-state index >= 15 is 0 Å². The highest BCUT2D eigenvalue weighted by atomic mass is 16.5. The van der Waals surface area contributed by atoms with Crippen molar-refractivity contribution in [1.82, 2.24) is 0 Å². The summed E-state index contributed by atoms with van der Waals surface area (Å²) in [5, 5.41) is 0. The molecule has 0 unspecified atom stereocenters. The molecule has 68 valence electrons. The first-order valence-corrected chi connectivity index (χ1v) is 4.70. The second-order valence-electron chi connectivity index (χ2n) is 4.78. The monoisotopic (exact) mass is 168 g/mol. The Balaban J connectivity index is 2.24. The minimum atomic E-state index is 0.00748. The average Bonchev–Trinajstić information content (AvgIpc) is 2.18. The third-order valence-corrected chi connectivity index (χ3v) is 3.95. The highest BCUT2D eigenvalue weighted by Crippen LogP contribution is 2.56. The van der Waals surface area contributed by atoms with Gasteiger partial charge >= 0.3 is 5.97 Å². The van der Waals surface area contributed by atoms with Crippen LogP contribution in [0.15, 0.2) is 0 Å². The van der Waals surface area contributed by atoms with E-state index < -0.39 is 0 Å². The van der Waals surface area contributed by atoms with Crippen LogP contribution in [0.25, 0.3) is 0 Å². The van der Waals surface area contributed by atoms with Crippen molar-refractivity contribution in [3.8, 4) is 0 Å². The third-order valence-electron chi connectivity index (χ3n) is 3.95. The maximum absolute atomic E-state index is 11.3. The molecule has 0 amide bonds. The van der Waals surface area contributed by atoms with Crippen LogP contribution in [0.4, 0.5) is 0 Å². The molecule has 3 aliphatic rings. The van der Waals surface area contributed by atoms with Gasteiger partial charge in [-0.05, 0) is 23.7 Å². The van der Waals surface area contributed by atoms with Crippen LogP contribution >= 0.6 is 0 Å². The molecule has 3 atom stereocenters. The zero-order chi connectivity index (χ0) is 8.93. The number of rotatable bonds is 0. The molecule has 3 rings (SSSR count). The van der Waals surface area contributed by atoms with Crippen molar-refractivity contribution >= 4 is 5.97 Å². The third kappa shape index (κ3) is 0.838. The first-order valence-electron chi connectivity index (χ1n) is 4.70. The topological polar surface area (TPSA) is 26.3 Å². The van der Waals surface area contributed by atoms with Crippen molar-refractivity contribution in [3.05, 3.63) is 0 Å². The Hall–Kier alpha value is -0.530. The summed E-state index contributed by atoms with van der Waals surface area (Å²) in [5.74, 6) is 1.28. The van der Waals surface area contributed by atoms with Gasteiger partial charge in [0.2, 0.25) is 0 Å². The fourth-order valence-corrected chi connectivity index (χ4v) is 2.67. The van der Waals surface area contributed by atoms with Crippen molar-refractivity contribution < 1.29 is 9.53 Å². The molecule has 0 aromatic heterocycles. The lowest BCUT2D eigenvalue weighted by Crippen LogP contribution is -2.47. The van der Waals surface area contributed by atoms with Crippen LogP contribution in [0.3, 0.4) is 0 Å². The molecule has 12 heavy (non-hydrogen) atoms. The molecule has 0 radical (unpaired) electrons. The van der Waals surface area contributed by atoms with Crippen LogP contribution in [0.5, 0.6) is 0 Å². The normalized spacial score (nSPS) is 44.2. The maximum Gasteiger partial charge on any atom is 0.308 e. The molecule has 1 saturated carbocycles. The van der Waals surface area contributed by atoms with Gasteiger partial charge in [-0.1, -0.05) is 20.8 Å². The van der Waals surface area contributed by atoms with Gasteiger partial charge in [-0.2, -0.15) is 0 Å². The van der Waals surface area contributed by atoms with E-state index in [1.54, 1.807) is 0 Å². The Bertz CT molecular complexity index is 220. The molecule has 0 spiro atoms. The molecule has 0 N–H and O–H groups in total. The second kappa shape index (κ2) is 2.24. The van der Waals surface area contributed by atoms with Gasteiger partial charge < -0.3 is 4.74 Å². The van der Waals surface area contributed by atoms with Gasteiger partial charge in [-0.25, -0.2) is 0 Å². The summed E-state index contributed by atoms with van der Waals surface area (Å²) in [5.41, 5.74) is 0.325. The lowest BCUT2D eigenvalue weighted by Gasteiger charge is -2.51. The minimum Gasteiger partial charge on any atom is -0.465 e. The predicted octanol–water partition coefficient (Wildman–Crippen LogP) is 1.84. The quantitative estimate of drug-likeness (QED) is 0.516. The molecule has 2 aliphatic heterocycles. The lowest BCUT2D eigenvalue weighted by atomic mass is 9.52. The highest BCUT2D eigenvalue weighted by Gasteiger charge is 2.54. The number of carbonyl (C=O) groups excluding carboxylic acids is 1. The predicted molar refractivity (Wildman–Crippen MR) is 45.5 cm³/mol. The number of hydrogen-bond acceptors (Lipinski definition) is 2. The van der Waals surface area contributed by atoms with Gasteiger partial charge in [0.1, 0.15) is 0 Å². The van der Waals surface area contributed by atoms with Crippen molar-refractivity contribution in [1.29, 1.82) is 0 Å². The van der Waals surface area contributed by atoms with Gasteiger partial charge in [-0.3, -0.25) is 4.79 Å². The lowest BCUT2D eigenvalue weighted by molar-refractivity contribution is -0.147. The maximum atomic E-state index is 11.3. The summed E-state index contributed by atoms with van der Waals surface area (Å²) >= 11 is 0. The first kappa shape index (κ1) is 8.09. The van der Waals surface area contributed by atoms with Gasteiger partial charge in [-0.15, -0.1) is 0 Å². The van der Waals surface area contributed by atoms with Crippen molar-refractivity contribution in [3.63, 3.8) is 0 Å². The summed E-state index contributed by atoms with van der Waals surface area (Å²) in [6.45, 7) is 7.15. The molecule has 3 fully saturated rings. The molecule has 0 aromatic carbocycles. The van der Waals surface area contributed by atoms with Gasteiger partial charge in [0.15, 0.2) is 0 Å². The molecule has 0 aromatic rings. The fraction of sp³-hybridized carbons (Fsp3) is 0.900. The molecule has 2 nitrogen and oxygen atoms in total. The average molecular weight is 168 g/mol. The Labute approximate surface area is 73.3 Å². The van der Waals surface area contributed by atoms with Crippen LogP contribution in [0.1, 0.15) is 27.2 Å². The van der Waals surface area contributed by atoms with Gasteiger partial charge in [0.05, 0.1) is 12.5 Å². The van der Waals surface area contributed by atoms with E-state index in [1.165, 1.54) is 6.42 Å². The van der Waals surface area contributed by atoms with Crippen molar-refractivity contribution in [2.75, 3.05) is 6.61 Å². The Morgan fingerprint density at radius 2 is 2.17 bits per heavy atom. The summed E-state index contributed by atoms with van der Waals surface area (Å²) in [7, 11) is 0. The van der Waals surface area contributed by atoms with Crippen molar-refractivity contribution in [2.24, 2.45) is 23.2 Å². The van der Waals surface area contributed by atoms with Crippen molar-refractivity contribution in [2.45, 2.75) is 27.2 Å². The van der Waals surface area contributed by atoms with E-state index in [1.807, 2.05) is 6.92 Å². The van der Waals surface area contributed by atoms with E-state index in [0.29, 0.717) is 23.9 Å². The highest BCUT2D eigenvalue weighted by molar-refractivity contribution is 5.73. The van der Waals surface area contributed by atoms with E-state index in [0.717, 1.165) is 0 Å². The smallest absolute Gasteiger partial charge is 0.308 e. The second-order valence-corrected chi connectivity index (χ2v) is 4.78. The number of ether oxygens (including phenoxy) is 1. The summed E-state index contributed by atoms with van der Waals surface area (Å²) < 4.78 is 5.17. The molecular formula is C10H16O2. The van der Waals surface area contributed by atoms with Crippen LogP contribution in [0, 0.1) is 23.2 Å². The SMILES string of the molecule is C[C@@H]1C(=O)OC[C@H]2C[C@@H]1C2(C)C. The molecule has 2 heterocycles. The number of fused-ring (bicyclic) bond motifs is 3. The van der Waals surface area contributed by atoms with Crippen LogP contribution in [-0.2, 0) is 9.53 Å². The van der Waals surface area contributed by atoms with E-state index in [4.69, 9.17) is 4.74 Å². The van der Waals surface area contributed by atoms with E-state index in [-0.39, 0.29) is 11.9 Å². The summed E-state index contributed by atoms with van der Waals surface area (Å²) in [4.78, 5) is 11.3. The standard InChI is InChI=1S/C10H16O2/c1-6-8-4-7(10(8,2)3)5-12-9(6)11/h6-8H,4-5H2,1-3H3/t6-,7+,8-/m0/s1. The Morgan fingerprint density at radius 3 is 2.75 bits per heavy atom. The Kier molecular flexibility index (Phi) is 1.51. The molecule has 2 saturated heterocycles. The minimum absolute atomic E-state index is 0.00748. The van der Waals surface area contributed by atoms with Gasteiger partial charge in [0.25, 0.3) is 0 Å². The zero-order valence-corrected chi connectivity index (χ0v) is 7.96. The van der Waals surface area contributed by atoms with E-state index in [9.17, 15) is 4.79 Å². The first-order chi connectivity index (χ1) is 5.53. The Morgan fingerprint density at radius 1 is 1.50 bits per heavy atom. The number of esters is 1. The van der Waals surface area contributed by atoms with Gasteiger partial charge in [0, 0.05) is 0 Å². The number of carbonyl (C=O) groups is 1. The largest absolute Gasteiger partial charge is 0.465 e. The van der Waals surface area contributed by atoms with Crippen LogP contribution in [0.2, 0.25) is 0 Å². The molecule has 2 bridgehead atoms. The fourth-order valence-electron chi connectivity index (χ4n) is 2.67. The van der Waals surface area contributed by atoms with E-state index in [2.05, 4.69) is 13.8 Å². The van der Waals surface area contributed by atoms with Crippen LogP contribution in [-0.4, -0.2) is 12.6 Å². The number of hydrogen-bond donors (Lipinski definition) is 0. The van der Waals surface area contributed by atoms with Crippen LogP contribution < -0.4 is 0 Å². The molecule has 2 heteroatoms.